The number of benzene rings is 1. The summed E-state index contributed by atoms with van der Waals surface area (Å²) in [4.78, 5) is 25.9. The molecule has 1 N–H and O–H groups in total. The molecule has 3 aromatic heterocycles. The first-order chi connectivity index (χ1) is 14.5. The third-order valence-corrected chi connectivity index (χ3v) is 5.13. The molecule has 0 fully saturated rings. The average molecular weight is 420 g/mol. The lowest BCUT2D eigenvalue weighted by Crippen LogP contribution is -2.14. The Morgan fingerprint density at radius 3 is 2.77 bits per heavy atom. The van der Waals surface area contributed by atoms with E-state index < -0.39 is 5.82 Å². The van der Waals surface area contributed by atoms with Gasteiger partial charge in [0, 0.05) is 29.4 Å². The molecule has 0 aliphatic heterocycles. The van der Waals surface area contributed by atoms with Crippen molar-refractivity contribution >= 4 is 22.4 Å². The molecule has 0 spiro atoms. The highest BCUT2D eigenvalue weighted by Gasteiger charge is 2.18. The number of nitrogens with one attached hydrogen (secondary N) is 1. The van der Waals surface area contributed by atoms with E-state index in [-0.39, 0.29) is 5.91 Å². The molecule has 4 aromatic rings. The van der Waals surface area contributed by atoms with Crippen LogP contribution in [0, 0.1) is 12.7 Å². The molecule has 0 atom stereocenters. The van der Waals surface area contributed by atoms with Crippen LogP contribution in [0.25, 0.3) is 22.6 Å². The molecular formula is C22H17FN4O2S. The molecular weight excluding hydrogens is 403 g/mol. The number of pyridine rings is 2. The Morgan fingerprint density at radius 1 is 1.10 bits per heavy atom. The van der Waals surface area contributed by atoms with Gasteiger partial charge in [-0.05, 0) is 37.3 Å². The summed E-state index contributed by atoms with van der Waals surface area (Å²) in [6.45, 7) is 1.96. The van der Waals surface area contributed by atoms with E-state index in [9.17, 15) is 9.18 Å². The van der Waals surface area contributed by atoms with Gasteiger partial charge in [0.05, 0.1) is 24.1 Å². The summed E-state index contributed by atoms with van der Waals surface area (Å²) in [5.41, 5.74) is 3.54. The topological polar surface area (TPSA) is 77.0 Å². The highest BCUT2D eigenvalue weighted by Crippen LogP contribution is 2.32. The third-order valence-electron chi connectivity index (χ3n) is 4.37. The quantitative estimate of drug-likeness (QED) is 0.493. The van der Waals surface area contributed by atoms with Gasteiger partial charge in [0.25, 0.3) is 5.91 Å². The fourth-order valence-electron chi connectivity index (χ4n) is 2.97. The fourth-order valence-corrected chi connectivity index (χ4v) is 3.67. The van der Waals surface area contributed by atoms with Gasteiger partial charge in [-0.1, -0.05) is 11.6 Å². The number of aromatic nitrogens is 3. The van der Waals surface area contributed by atoms with E-state index in [1.807, 2.05) is 25.1 Å². The van der Waals surface area contributed by atoms with Gasteiger partial charge in [0.15, 0.2) is 5.13 Å². The molecule has 6 nitrogen and oxygen atoms in total. The van der Waals surface area contributed by atoms with E-state index in [0.29, 0.717) is 33.5 Å². The molecule has 0 bridgehead atoms. The van der Waals surface area contributed by atoms with Crippen molar-refractivity contribution in [1.82, 2.24) is 15.0 Å². The zero-order valence-corrected chi connectivity index (χ0v) is 17.0. The van der Waals surface area contributed by atoms with Crippen LogP contribution in [-0.2, 0) is 0 Å². The Kier molecular flexibility index (Phi) is 5.49. The molecule has 8 heteroatoms. The molecule has 0 aliphatic rings. The molecule has 30 heavy (non-hydrogen) atoms. The number of amides is 1. The van der Waals surface area contributed by atoms with Crippen molar-refractivity contribution in [2.24, 2.45) is 0 Å². The average Bonchev–Trinajstić information content (AvgIpc) is 3.22. The minimum Gasteiger partial charge on any atom is -0.496 e. The molecule has 0 radical (unpaired) electrons. The number of hydrogen-bond acceptors (Lipinski definition) is 6. The number of methoxy groups -OCH3 is 1. The van der Waals surface area contributed by atoms with Gasteiger partial charge >= 0.3 is 0 Å². The van der Waals surface area contributed by atoms with Crippen LogP contribution in [0.2, 0.25) is 0 Å². The number of aryl methyl sites for hydroxylation is 1. The van der Waals surface area contributed by atoms with Gasteiger partial charge in [0.2, 0.25) is 0 Å². The Hall–Kier alpha value is -3.65. The highest BCUT2D eigenvalue weighted by atomic mass is 32.1. The number of anilines is 1. The summed E-state index contributed by atoms with van der Waals surface area (Å²) in [7, 11) is 1.58. The summed E-state index contributed by atoms with van der Waals surface area (Å²) < 4.78 is 18.9. The van der Waals surface area contributed by atoms with Crippen molar-refractivity contribution in [2.75, 3.05) is 12.4 Å². The first kappa shape index (κ1) is 19.7. The highest BCUT2D eigenvalue weighted by molar-refractivity contribution is 7.14. The number of nitrogens with zero attached hydrogens (tertiary/aromatic N) is 3. The Labute approximate surface area is 176 Å². The van der Waals surface area contributed by atoms with Crippen LogP contribution in [0.5, 0.6) is 5.75 Å². The van der Waals surface area contributed by atoms with Crippen molar-refractivity contribution in [1.29, 1.82) is 0 Å². The van der Waals surface area contributed by atoms with Crippen LogP contribution in [0.3, 0.4) is 0 Å². The maximum absolute atomic E-state index is 13.4. The molecule has 0 saturated carbocycles. The molecule has 1 amide bonds. The predicted molar refractivity (Wildman–Crippen MR) is 114 cm³/mol. The Balaban J connectivity index is 1.64. The smallest absolute Gasteiger partial charge is 0.259 e. The first-order valence-electron chi connectivity index (χ1n) is 9.04. The molecule has 1 aromatic carbocycles. The van der Waals surface area contributed by atoms with E-state index in [4.69, 9.17) is 4.74 Å². The normalized spacial score (nSPS) is 10.6. The van der Waals surface area contributed by atoms with Gasteiger partial charge in [0.1, 0.15) is 17.3 Å². The second-order valence-corrected chi connectivity index (χ2v) is 7.31. The summed E-state index contributed by atoms with van der Waals surface area (Å²) in [6.07, 6.45) is 3.00. The summed E-state index contributed by atoms with van der Waals surface area (Å²) >= 11 is 1.23. The van der Waals surface area contributed by atoms with Crippen molar-refractivity contribution in [3.05, 3.63) is 77.2 Å². The van der Waals surface area contributed by atoms with Gasteiger partial charge in [-0.25, -0.2) is 9.37 Å². The molecule has 0 aliphatic carbocycles. The zero-order chi connectivity index (χ0) is 21.1. The van der Waals surface area contributed by atoms with E-state index in [1.54, 1.807) is 30.8 Å². The number of halogens is 1. The van der Waals surface area contributed by atoms with Gasteiger partial charge in [-0.3, -0.25) is 20.1 Å². The molecule has 0 saturated heterocycles. The summed E-state index contributed by atoms with van der Waals surface area (Å²) in [6, 6.07) is 11.7. The van der Waals surface area contributed by atoms with Crippen LogP contribution in [-0.4, -0.2) is 28.0 Å². The lowest BCUT2D eigenvalue weighted by molar-refractivity contribution is 0.102. The predicted octanol–water partition coefficient (Wildman–Crippen LogP) is 4.98. The second kappa shape index (κ2) is 8.38. The second-order valence-electron chi connectivity index (χ2n) is 6.45. The SMILES string of the molecule is COc1ccc(C)cc1-c1ncccc1C(=O)Nc1nc(-c2cc(F)ccn2)cs1. The molecule has 150 valence electrons. The monoisotopic (exact) mass is 420 g/mol. The van der Waals surface area contributed by atoms with Gasteiger partial charge in [-0.15, -0.1) is 11.3 Å². The molecule has 0 unspecified atom stereocenters. The Morgan fingerprint density at radius 2 is 1.97 bits per heavy atom. The first-order valence-corrected chi connectivity index (χ1v) is 9.92. The lowest BCUT2D eigenvalue weighted by atomic mass is 10.0. The van der Waals surface area contributed by atoms with Crippen molar-refractivity contribution in [3.8, 4) is 28.4 Å². The number of rotatable bonds is 5. The maximum atomic E-state index is 13.4. The standard InChI is InChI=1S/C22H17FN4O2S/c1-13-5-6-19(29-2)16(10-13)20-15(4-3-8-25-20)21(28)27-22-26-18(12-30-22)17-11-14(23)7-9-24-17/h3-12H,1-2H3,(H,26,27,28). The number of carbonyl (C=O) groups is 1. The van der Waals surface area contributed by atoms with Crippen LogP contribution in [0.4, 0.5) is 9.52 Å². The van der Waals surface area contributed by atoms with Crippen LogP contribution in [0.1, 0.15) is 15.9 Å². The van der Waals surface area contributed by atoms with Crippen molar-refractivity contribution in [3.63, 3.8) is 0 Å². The minimum atomic E-state index is -0.398. The molecule has 3 heterocycles. The van der Waals surface area contributed by atoms with E-state index >= 15 is 0 Å². The maximum Gasteiger partial charge on any atom is 0.259 e. The fraction of sp³-hybridized carbons (Fsp3) is 0.0909. The van der Waals surface area contributed by atoms with Crippen LogP contribution in [0.15, 0.2) is 60.2 Å². The van der Waals surface area contributed by atoms with Gasteiger partial charge < -0.3 is 4.74 Å². The third kappa shape index (κ3) is 4.04. The number of thiazole rings is 1. The number of carbonyl (C=O) groups excluding carboxylic acids is 1. The van der Waals surface area contributed by atoms with E-state index in [0.717, 1.165) is 11.1 Å². The van der Waals surface area contributed by atoms with Gasteiger partial charge in [-0.2, -0.15) is 0 Å². The minimum absolute atomic E-state index is 0.352. The largest absolute Gasteiger partial charge is 0.496 e. The summed E-state index contributed by atoms with van der Waals surface area (Å²) in [5, 5.41) is 4.89. The lowest BCUT2D eigenvalue weighted by Gasteiger charge is -2.12. The summed E-state index contributed by atoms with van der Waals surface area (Å²) in [5.74, 6) is -0.123. The van der Waals surface area contributed by atoms with E-state index in [1.165, 1.54) is 29.7 Å². The van der Waals surface area contributed by atoms with E-state index in [2.05, 4.69) is 20.3 Å². The number of ether oxygens (including phenoxy) is 1. The zero-order valence-electron chi connectivity index (χ0n) is 16.2. The number of hydrogen-bond donors (Lipinski definition) is 1. The van der Waals surface area contributed by atoms with Crippen LogP contribution >= 0.6 is 11.3 Å². The molecule has 4 rings (SSSR count). The van der Waals surface area contributed by atoms with Crippen molar-refractivity contribution in [2.45, 2.75) is 6.92 Å². The van der Waals surface area contributed by atoms with Crippen molar-refractivity contribution < 1.29 is 13.9 Å². The Bertz CT molecular complexity index is 1230. The van der Waals surface area contributed by atoms with Crippen LogP contribution < -0.4 is 10.1 Å².